The topological polar surface area (TPSA) is 23.5 Å². The molecule has 1 atom stereocenters. The Kier molecular flexibility index (Phi) is 7.06. The number of hydrogen-bond donors (Lipinski definition) is 1. The lowest BCUT2D eigenvalue weighted by Crippen LogP contribution is -2.37. The fourth-order valence-corrected chi connectivity index (χ4v) is 2.63. The highest BCUT2D eigenvalue weighted by atomic mass is 16.3. The van der Waals surface area contributed by atoms with Gasteiger partial charge in [-0.15, -0.1) is 0 Å². The quantitative estimate of drug-likeness (QED) is 0.723. The van der Waals surface area contributed by atoms with Gasteiger partial charge in [0, 0.05) is 13.2 Å². The van der Waals surface area contributed by atoms with Crippen LogP contribution in [-0.2, 0) is 0 Å². The molecule has 0 spiro atoms. The smallest absolute Gasteiger partial charge is 0.0460 e. The molecule has 0 aromatic rings. The molecule has 0 bridgehead atoms. The first-order chi connectivity index (χ1) is 7.80. The highest BCUT2D eigenvalue weighted by Gasteiger charge is 2.20. The summed E-state index contributed by atoms with van der Waals surface area (Å²) < 4.78 is 0. The largest absolute Gasteiger partial charge is 0.396 e. The Bertz CT molecular complexity index is 164. The van der Waals surface area contributed by atoms with Gasteiger partial charge in [0.15, 0.2) is 0 Å². The van der Waals surface area contributed by atoms with Crippen molar-refractivity contribution in [3.05, 3.63) is 0 Å². The first-order valence-electron chi connectivity index (χ1n) is 7.13. The van der Waals surface area contributed by atoms with E-state index >= 15 is 0 Å². The van der Waals surface area contributed by atoms with Crippen LogP contribution in [0.2, 0.25) is 0 Å². The molecule has 2 nitrogen and oxygen atoms in total. The van der Waals surface area contributed by atoms with Crippen molar-refractivity contribution in [3.8, 4) is 0 Å². The monoisotopic (exact) mass is 227 g/mol. The highest BCUT2D eigenvalue weighted by molar-refractivity contribution is 4.73. The number of rotatable bonds is 7. The van der Waals surface area contributed by atoms with Gasteiger partial charge < -0.3 is 10.0 Å². The molecule has 0 radical (unpaired) electrons. The van der Waals surface area contributed by atoms with Gasteiger partial charge in [0.1, 0.15) is 0 Å². The average molecular weight is 227 g/mol. The van der Waals surface area contributed by atoms with Crippen molar-refractivity contribution >= 4 is 0 Å². The molecule has 0 saturated carbocycles. The van der Waals surface area contributed by atoms with Crippen molar-refractivity contribution in [2.45, 2.75) is 52.4 Å². The summed E-state index contributed by atoms with van der Waals surface area (Å²) in [5, 5.41) is 9.10. The van der Waals surface area contributed by atoms with Gasteiger partial charge >= 0.3 is 0 Å². The van der Waals surface area contributed by atoms with Crippen LogP contribution in [0.15, 0.2) is 0 Å². The molecule has 1 aliphatic heterocycles. The minimum Gasteiger partial charge on any atom is -0.396 e. The summed E-state index contributed by atoms with van der Waals surface area (Å²) >= 11 is 0. The molecule has 1 fully saturated rings. The Hall–Kier alpha value is -0.0800. The Morgan fingerprint density at radius 1 is 1.25 bits per heavy atom. The lowest BCUT2D eigenvalue weighted by Gasteiger charge is -2.33. The maximum absolute atomic E-state index is 9.10. The van der Waals surface area contributed by atoms with Crippen molar-refractivity contribution in [2.24, 2.45) is 11.8 Å². The van der Waals surface area contributed by atoms with Gasteiger partial charge in [-0.3, -0.25) is 0 Å². The molecule has 1 saturated heterocycles. The zero-order valence-electron chi connectivity index (χ0n) is 11.1. The summed E-state index contributed by atoms with van der Waals surface area (Å²) in [5.74, 6) is 1.47. The summed E-state index contributed by atoms with van der Waals surface area (Å²) in [6.45, 7) is 8.68. The number of likely N-dealkylation sites (tertiary alicyclic amines) is 1. The Morgan fingerprint density at radius 3 is 2.44 bits per heavy atom. The van der Waals surface area contributed by atoms with Crippen LogP contribution in [0.1, 0.15) is 52.4 Å². The average Bonchev–Trinajstić information content (AvgIpc) is 2.35. The van der Waals surface area contributed by atoms with E-state index in [9.17, 15) is 0 Å². The fraction of sp³-hybridized carbons (Fsp3) is 1.00. The van der Waals surface area contributed by atoms with Crippen molar-refractivity contribution < 1.29 is 5.11 Å². The summed E-state index contributed by atoms with van der Waals surface area (Å²) in [7, 11) is 0. The van der Waals surface area contributed by atoms with E-state index in [4.69, 9.17) is 5.11 Å². The molecule has 16 heavy (non-hydrogen) atoms. The van der Waals surface area contributed by atoms with Crippen LogP contribution < -0.4 is 0 Å². The summed E-state index contributed by atoms with van der Waals surface area (Å²) in [4.78, 5) is 2.61. The van der Waals surface area contributed by atoms with E-state index in [1.54, 1.807) is 0 Å². The van der Waals surface area contributed by atoms with Crippen molar-refractivity contribution in [1.29, 1.82) is 0 Å². The minimum absolute atomic E-state index is 0.390. The first kappa shape index (κ1) is 14.0. The molecule has 1 rings (SSSR count). The van der Waals surface area contributed by atoms with Gasteiger partial charge in [-0.2, -0.15) is 0 Å². The highest BCUT2D eigenvalue weighted by Crippen LogP contribution is 2.20. The minimum atomic E-state index is 0.390. The standard InChI is InChI=1S/C14H29NO/c1-3-5-6-13(4-2)11-15-9-7-14(12-16)8-10-15/h13-14,16H,3-12H2,1-2H3. The number of aliphatic hydroxyl groups excluding tert-OH is 1. The second kappa shape index (κ2) is 8.08. The summed E-state index contributed by atoms with van der Waals surface area (Å²) in [5.41, 5.74) is 0. The van der Waals surface area contributed by atoms with Crippen molar-refractivity contribution in [2.75, 3.05) is 26.2 Å². The zero-order chi connectivity index (χ0) is 11.8. The Balaban J connectivity index is 2.20. The van der Waals surface area contributed by atoms with Gasteiger partial charge in [0.05, 0.1) is 0 Å². The third-order valence-electron chi connectivity index (χ3n) is 4.03. The van der Waals surface area contributed by atoms with Gasteiger partial charge in [0.25, 0.3) is 0 Å². The Labute approximate surface area is 101 Å². The van der Waals surface area contributed by atoms with E-state index in [1.807, 2.05) is 0 Å². The molecule has 0 aromatic carbocycles. The molecular formula is C14H29NO. The van der Waals surface area contributed by atoms with Crippen LogP contribution >= 0.6 is 0 Å². The molecule has 2 heteroatoms. The van der Waals surface area contributed by atoms with E-state index in [-0.39, 0.29) is 0 Å². The third kappa shape index (κ3) is 4.84. The van der Waals surface area contributed by atoms with Gasteiger partial charge in [0.2, 0.25) is 0 Å². The molecule has 1 unspecified atom stereocenters. The van der Waals surface area contributed by atoms with E-state index in [1.165, 1.54) is 58.2 Å². The molecule has 1 N–H and O–H groups in total. The van der Waals surface area contributed by atoms with Gasteiger partial charge in [-0.05, 0) is 44.2 Å². The first-order valence-corrected chi connectivity index (χ1v) is 7.13. The molecule has 0 amide bonds. The van der Waals surface area contributed by atoms with Crippen LogP contribution in [-0.4, -0.2) is 36.2 Å². The van der Waals surface area contributed by atoms with Crippen molar-refractivity contribution in [1.82, 2.24) is 4.90 Å². The third-order valence-corrected chi connectivity index (χ3v) is 4.03. The van der Waals surface area contributed by atoms with E-state index in [0.717, 1.165) is 5.92 Å². The molecular weight excluding hydrogens is 198 g/mol. The van der Waals surface area contributed by atoms with Crippen LogP contribution in [0.4, 0.5) is 0 Å². The van der Waals surface area contributed by atoms with Gasteiger partial charge in [-0.25, -0.2) is 0 Å². The second-order valence-corrected chi connectivity index (χ2v) is 5.34. The fourth-order valence-electron chi connectivity index (χ4n) is 2.63. The lowest BCUT2D eigenvalue weighted by atomic mass is 9.94. The van der Waals surface area contributed by atoms with E-state index in [2.05, 4.69) is 18.7 Å². The molecule has 96 valence electrons. The molecule has 0 aliphatic carbocycles. The number of piperidine rings is 1. The molecule has 1 aliphatic rings. The number of hydrogen-bond acceptors (Lipinski definition) is 2. The predicted molar refractivity (Wildman–Crippen MR) is 69.6 cm³/mol. The number of aliphatic hydroxyl groups is 1. The maximum atomic E-state index is 9.10. The van der Waals surface area contributed by atoms with Crippen LogP contribution in [0.25, 0.3) is 0 Å². The molecule has 0 aromatic heterocycles. The molecule has 1 heterocycles. The van der Waals surface area contributed by atoms with Crippen LogP contribution in [0.5, 0.6) is 0 Å². The van der Waals surface area contributed by atoms with E-state index < -0.39 is 0 Å². The summed E-state index contributed by atoms with van der Waals surface area (Å²) in [6, 6.07) is 0. The lowest BCUT2D eigenvalue weighted by molar-refractivity contribution is 0.117. The van der Waals surface area contributed by atoms with Gasteiger partial charge in [-0.1, -0.05) is 33.1 Å². The normalized spacial score (nSPS) is 21.2. The van der Waals surface area contributed by atoms with E-state index in [0.29, 0.717) is 12.5 Å². The second-order valence-electron chi connectivity index (χ2n) is 5.34. The summed E-state index contributed by atoms with van der Waals surface area (Å²) in [6.07, 6.45) is 7.81. The predicted octanol–water partition coefficient (Wildman–Crippen LogP) is 2.91. The number of unbranched alkanes of at least 4 members (excludes halogenated alkanes) is 1. The van der Waals surface area contributed by atoms with Crippen molar-refractivity contribution in [3.63, 3.8) is 0 Å². The zero-order valence-corrected chi connectivity index (χ0v) is 11.1. The van der Waals surface area contributed by atoms with Crippen LogP contribution in [0, 0.1) is 11.8 Å². The number of nitrogens with zero attached hydrogens (tertiary/aromatic N) is 1. The Morgan fingerprint density at radius 2 is 1.94 bits per heavy atom. The maximum Gasteiger partial charge on any atom is 0.0460 e. The van der Waals surface area contributed by atoms with Crippen LogP contribution in [0.3, 0.4) is 0 Å². The SMILES string of the molecule is CCCCC(CC)CN1CCC(CO)CC1.